The van der Waals surface area contributed by atoms with Crippen LogP contribution >= 0.6 is 0 Å². The largest absolute Gasteiger partial charge is 0.368 e. The van der Waals surface area contributed by atoms with Gasteiger partial charge in [0.25, 0.3) is 0 Å². The van der Waals surface area contributed by atoms with E-state index in [-0.39, 0.29) is 0 Å². The first kappa shape index (κ1) is 11.3. The van der Waals surface area contributed by atoms with Gasteiger partial charge in [-0.15, -0.1) is 0 Å². The second-order valence-corrected chi connectivity index (χ2v) is 4.76. The van der Waals surface area contributed by atoms with Crippen molar-refractivity contribution in [1.82, 2.24) is 19.9 Å². The van der Waals surface area contributed by atoms with E-state index in [0.717, 1.165) is 23.8 Å². The molecule has 0 radical (unpaired) electrons. The fourth-order valence-corrected chi connectivity index (χ4v) is 2.08. The molecule has 2 heterocycles. The highest BCUT2D eigenvalue weighted by Gasteiger charge is 2.20. The van der Waals surface area contributed by atoms with E-state index in [9.17, 15) is 0 Å². The zero-order chi connectivity index (χ0) is 12.4. The molecule has 0 aromatic carbocycles. The van der Waals surface area contributed by atoms with Crippen LogP contribution in [0.2, 0.25) is 0 Å². The van der Waals surface area contributed by atoms with Crippen LogP contribution in [0.5, 0.6) is 0 Å². The summed E-state index contributed by atoms with van der Waals surface area (Å²) in [5, 5.41) is 6.32. The van der Waals surface area contributed by atoms with Crippen molar-refractivity contribution in [3.8, 4) is 0 Å². The first-order valence-electron chi connectivity index (χ1n) is 6.49. The van der Waals surface area contributed by atoms with Crippen molar-refractivity contribution < 1.29 is 0 Å². The Labute approximate surface area is 106 Å². The number of aromatic amines is 1. The van der Waals surface area contributed by atoms with Gasteiger partial charge >= 0.3 is 0 Å². The Morgan fingerprint density at radius 3 is 3.06 bits per heavy atom. The smallest absolute Gasteiger partial charge is 0.226 e. The lowest BCUT2D eigenvalue weighted by Gasteiger charge is -2.07. The number of imidazole rings is 1. The van der Waals surface area contributed by atoms with Crippen LogP contribution in [-0.2, 0) is 0 Å². The van der Waals surface area contributed by atoms with Gasteiger partial charge in [-0.2, -0.15) is 9.97 Å². The van der Waals surface area contributed by atoms with Crippen LogP contribution in [0.3, 0.4) is 0 Å². The molecular weight excluding hydrogens is 228 g/mol. The van der Waals surface area contributed by atoms with E-state index < -0.39 is 0 Å². The van der Waals surface area contributed by atoms with Gasteiger partial charge in [-0.1, -0.05) is 12.8 Å². The molecule has 3 N–H and O–H groups in total. The lowest BCUT2D eigenvalue weighted by Crippen LogP contribution is -2.07. The summed E-state index contributed by atoms with van der Waals surface area (Å²) in [7, 11) is 1.81. The zero-order valence-electron chi connectivity index (χ0n) is 10.5. The first-order valence-corrected chi connectivity index (χ1v) is 6.49. The van der Waals surface area contributed by atoms with Gasteiger partial charge in [0.05, 0.1) is 6.33 Å². The normalized spacial score (nSPS) is 14.9. The molecule has 0 saturated heterocycles. The quantitative estimate of drug-likeness (QED) is 0.679. The summed E-state index contributed by atoms with van der Waals surface area (Å²) in [5.41, 5.74) is 1.57. The molecule has 2 aromatic rings. The lowest BCUT2D eigenvalue weighted by atomic mass is 10.2. The van der Waals surface area contributed by atoms with Gasteiger partial charge in [0.15, 0.2) is 11.5 Å². The van der Waals surface area contributed by atoms with E-state index >= 15 is 0 Å². The molecule has 0 aliphatic heterocycles. The predicted octanol–water partition coefficient (Wildman–Crippen LogP) is 2.00. The summed E-state index contributed by atoms with van der Waals surface area (Å²) in [6.45, 7) is 0.949. The molecule has 6 nitrogen and oxygen atoms in total. The number of nitrogens with zero attached hydrogens (tertiary/aromatic N) is 3. The number of hydrogen-bond acceptors (Lipinski definition) is 5. The second kappa shape index (κ2) is 4.80. The fraction of sp³-hybridized carbons (Fsp3) is 0.583. The first-order chi connectivity index (χ1) is 8.86. The van der Waals surface area contributed by atoms with E-state index in [4.69, 9.17) is 0 Å². The molecule has 96 valence electrons. The van der Waals surface area contributed by atoms with Crippen LogP contribution in [0, 0.1) is 5.92 Å². The summed E-state index contributed by atoms with van der Waals surface area (Å²) in [6, 6.07) is 0. The molecule has 0 amide bonds. The monoisotopic (exact) mass is 246 g/mol. The van der Waals surface area contributed by atoms with E-state index in [2.05, 4.69) is 30.6 Å². The van der Waals surface area contributed by atoms with Gasteiger partial charge in [-0.05, 0) is 18.8 Å². The molecule has 0 spiro atoms. The van der Waals surface area contributed by atoms with Crippen LogP contribution < -0.4 is 10.6 Å². The Morgan fingerprint density at radius 2 is 2.28 bits per heavy atom. The van der Waals surface area contributed by atoms with Crippen LogP contribution in [-0.4, -0.2) is 33.5 Å². The van der Waals surface area contributed by atoms with Gasteiger partial charge in [0.2, 0.25) is 5.95 Å². The van der Waals surface area contributed by atoms with E-state index in [1.807, 2.05) is 7.05 Å². The number of nitrogens with one attached hydrogen (secondary N) is 3. The van der Waals surface area contributed by atoms with Crippen molar-refractivity contribution in [2.45, 2.75) is 25.7 Å². The molecular formula is C12H18N6. The number of hydrogen-bond donors (Lipinski definition) is 3. The Morgan fingerprint density at radius 1 is 1.39 bits per heavy atom. The Bertz CT molecular complexity index is 530. The number of rotatable bonds is 6. The third kappa shape index (κ3) is 2.37. The van der Waals surface area contributed by atoms with Crippen molar-refractivity contribution in [3.05, 3.63) is 6.33 Å². The van der Waals surface area contributed by atoms with Gasteiger partial charge in [-0.3, -0.25) is 0 Å². The third-order valence-electron chi connectivity index (χ3n) is 3.29. The maximum atomic E-state index is 4.42. The average Bonchev–Trinajstić information content (AvgIpc) is 3.09. The van der Waals surface area contributed by atoms with Crippen molar-refractivity contribution in [2.24, 2.45) is 5.92 Å². The number of anilines is 2. The third-order valence-corrected chi connectivity index (χ3v) is 3.29. The maximum absolute atomic E-state index is 4.42. The van der Waals surface area contributed by atoms with E-state index in [1.54, 1.807) is 6.33 Å². The summed E-state index contributed by atoms with van der Waals surface area (Å²) < 4.78 is 0. The second-order valence-electron chi connectivity index (χ2n) is 4.76. The van der Waals surface area contributed by atoms with Crippen LogP contribution in [0.4, 0.5) is 11.8 Å². The molecule has 1 aliphatic carbocycles. The SMILES string of the molecule is CNc1nc(NCCCC2CC2)c2[nH]cnc2n1. The maximum Gasteiger partial charge on any atom is 0.226 e. The molecule has 0 atom stereocenters. The highest BCUT2D eigenvalue weighted by Crippen LogP contribution is 2.33. The molecule has 3 rings (SSSR count). The molecule has 0 unspecified atom stereocenters. The van der Waals surface area contributed by atoms with Crippen molar-refractivity contribution >= 4 is 22.9 Å². The van der Waals surface area contributed by atoms with Gasteiger partial charge in [0.1, 0.15) is 5.52 Å². The van der Waals surface area contributed by atoms with Crippen LogP contribution in [0.15, 0.2) is 6.33 Å². The zero-order valence-corrected chi connectivity index (χ0v) is 10.5. The highest BCUT2D eigenvalue weighted by atomic mass is 15.2. The molecule has 1 aliphatic rings. The Kier molecular flexibility index (Phi) is 3.00. The van der Waals surface area contributed by atoms with E-state index in [1.165, 1.54) is 25.7 Å². The van der Waals surface area contributed by atoms with Crippen LogP contribution in [0.25, 0.3) is 11.2 Å². The summed E-state index contributed by atoms with van der Waals surface area (Å²) in [4.78, 5) is 15.9. The number of aromatic nitrogens is 4. The van der Waals surface area contributed by atoms with Crippen LogP contribution in [0.1, 0.15) is 25.7 Å². The molecule has 2 aromatic heterocycles. The summed E-state index contributed by atoms with van der Waals surface area (Å²) in [5.74, 6) is 2.41. The number of H-pyrrole nitrogens is 1. The lowest BCUT2D eigenvalue weighted by molar-refractivity contribution is 0.687. The molecule has 18 heavy (non-hydrogen) atoms. The molecule has 1 fully saturated rings. The van der Waals surface area contributed by atoms with Crippen molar-refractivity contribution in [2.75, 3.05) is 24.2 Å². The average molecular weight is 246 g/mol. The van der Waals surface area contributed by atoms with Gasteiger partial charge < -0.3 is 15.6 Å². The van der Waals surface area contributed by atoms with Crippen molar-refractivity contribution in [3.63, 3.8) is 0 Å². The molecule has 0 bridgehead atoms. The minimum absolute atomic E-state index is 0.597. The minimum atomic E-state index is 0.597. The highest BCUT2D eigenvalue weighted by molar-refractivity contribution is 5.83. The molecule has 6 heteroatoms. The standard InChI is InChI=1S/C12H18N6/c1-13-12-17-10(9-11(18-12)16-7-15-9)14-6-2-3-8-4-5-8/h7-8H,2-6H2,1H3,(H3,13,14,15,16,17,18). The number of fused-ring (bicyclic) bond motifs is 1. The fourth-order valence-electron chi connectivity index (χ4n) is 2.08. The van der Waals surface area contributed by atoms with Gasteiger partial charge in [-0.25, -0.2) is 4.98 Å². The van der Waals surface area contributed by atoms with E-state index in [0.29, 0.717) is 11.6 Å². The molecule has 1 saturated carbocycles. The summed E-state index contributed by atoms with van der Waals surface area (Å²) >= 11 is 0. The van der Waals surface area contributed by atoms with Crippen molar-refractivity contribution in [1.29, 1.82) is 0 Å². The Balaban J connectivity index is 1.70. The van der Waals surface area contributed by atoms with Gasteiger partial charge in [0, 0.05) is 13.6 Å². The Hall–Kier alpha value is -1.85. The summed E-state index contributed by atoms with van der Waals surface area (Å²) in [6.07, 6.45) is 7.00. The minimum Gasteiger partial charge on any atom is -0.368 e. The topological polar surface area (TPSA) is 78.5 Å². The predicted molar refractivity (Wildman–Crippen MR) is 71.7 cm³/mol.